The Morgan fingerprint density at radius 2 is 2.24 bits per heavy atom. The van der Waals surface area contributed by atoms with Crippen molar-refractivity contribution in [1.82, 2.24) is 19.9 Å². The first-order valence-corrected chi connectivity index (χ1v) is 6.28. The van der Waals surface area contributed by atoms with Crippen LogP contribution < -0.4 is 11.1 Å². The second kappa shape index (κ2) is 5.20. The molecule has 0 aliphatic rings. The summed E-state index contributed by atoms with van der Waals surface area (Å²) >= 11 is 0. The van der Waals surface area contributed by atoms with Gasteiger partial charge in [0, 0.05) is 26.0 Å². The summed E-state index contributed by atoms with van der Waals surface area (Å²) in [5.41, 5.74) is 2.29. The number of rotatable bonds is 3. The molecular weight excluding hydrogens is 272 g/mol. The Morgan fingerprint density at radius 3 is 3.00 bits per heavy atom. The van der Waals surface area contributed by atoms with Gasteiger partial charge in [0.2, 0.25) is 0 Å². The van der Waals surface area contributed by atoms with Gasteiger partial charge in [0.1, 0.15) is 5.69 Å². The zero-order chi connectivity index (χ0) is 14.8. The molecule has 7 heteroatoms. The zero-order valence-electron chi connectivity index (χ0n) is 11.2. The molecule has 0 fully saturated rings. The first kappa shape index (κ1) is 13.0. The molecule has 21 heavy (non-hydrogen) atoms. The molecule has 1 N–H and O–H groups in total. The van der Waals surface area contributed by atoms with Crippen molar-refractivity contribution < 1.29 is 9.21 Å². The molecule has 1 aromatic carbocycles. The molecule has 0 saturated carbocycles. The van der Waals surface area contributed by atoms with Gasteiger partial charge in [-0.15, -0.1) is 0 Å². The van der Waals surface area contributed by atoms with Crippen LogP contribution in [0.4, 0.5) is 0 Å². The summed E-state index contributed by atoms with van der Waals surface area (Å²) < 4.78 is 6.53. The number of nitrogens with one attached hydrogen (secondary N) is 1. The van der Waals surface area contributed by atoms with Gasteiger partial charge in [0.25, 0.3) is 5.91 Å². The third kappa shape index (κ3) is 2.53. The SMILES string of the molecule is Cn1c(=O)oc2cc(CNC(=O)c3cnccn3)ccc21. The van der Waals surface area contributed by atoms with Gasteiger partial charge in [-0.25, -0.2) is 9.78 Å². The van der Waals surface area contributed by atoms with Crippen LogP contribution in [-0.2, 0) is 13.6 Å². The lowest BCUT2D eigenvalue weighted by atomic mass is 10.2. The average Bonchev–Trinajstić information content (AvgIpc) is 2.80. The van der Waals surface area contributed by atoms with Crippen LogP contribution in [0.5, 0.6) is 0 Å². The normalized spacial score (nSPS) is 10.7. The van der Waals surface area contributed by atoms with Gasteiger partial charge in [0.15, 0.2) is 5.58 Å². The summed E-state index contributed by atoms with van der Waals surface area (Å²) in [6.07, 6.45) is 4.36. The van der Waals surface area contributed by atoms with E-state index in [4.69, 9.17) is 4.42 Å². The van der Waals surface area contributed by atoms with Gasteiger partial charge in [-0.1, -0.05) is 6.07 Å². The maximum Gasteiger partial charge on any atom is 0.419 e. The molecule has 3 aromatic rings. The molecule has 106 valence electrons. The Morgan fingerprint density at radius 1 is 1.38 bits per heavy atom. The van der Waals surface area contributed by atoms with Crippen molar-refractivity contribution in [3.05, 3.63) is 58.6 Å². The van der Waals surface area contributed by atoms with E-state index in [9.17, 15) is 9.59 Å². The van der Waals surface area contributed by atoms with Crippen LogP contribution in [0.25, 0.3) is 11.1 Å². The van der Waals surface area contributed by atoms with Crippen molar-refractivity contribution >= 4 is 17.0 Å². The van der Waals surface area contributed by atoms with Crippen molar-refractivity contribution in [2.75, 3.05) is 0 Å². The Labute approximate surface area is 119 Å². The van der Waals surface area contributed by atoms with E-state index in [1.807, 2.05) is 6.07 Å². The Hall–Kier alpha value is -2.96. The van der Waals surface area contributed by atoms with Gasteiger partial charge in [-0.2, -0.15) is 0 Å². The van der Waals surface area contributed by atoms with Crippen LogP contribution in [-0.4, -0.2) is 20.4 Å². The van der Waals surface area contributed by atoms with Crippen molar-refractivity contribution in [3.8, 4) is 0 Å². The summed E-state index contributed by atoms with van der Waals surface area (Å²) in [5, 5.41) is 2.73. The largest absolute Gasteiger partial charge is 0.419 e. The van der Waals surface area contributed by atoms with Crippen molar-refractivity contribution in [2.45, 2.75) is 6.54 Å². The molecule has 0 spiro atoms. The fourth-order valence-electron chi connectivity index (χ4n) is 1.98. The van der Waals surface area contributed by atoms with Gasteiger partial charge in [-0.3, -0.25) is 14.3 Å². The van der Waals surface area contributed by atoms with E-state index in [2.05, 4.69) is 15.3 Å². The number of aromatic nitrogens is 3. The number of nitrogens with zero attached hydrogens (tertiary/aromatic N) is 3. The Kier molecular flexibility index (Phi) is 3.23. The molecule has 0 aliphatic carbocycles. The molecule has 7 nitrogen and oxygen atoms in total. The molecule has 2 heterocycles. The molecule has 3 rings (SSSR count). The van der Waals surface area contributed by atoms with Crippen LogP contribution in [0.15, 0.2) is 46.0 Å². The topological polar surface area (TPSA) is 90.0 Å². The molecule has 0 aliphatic heterocycles. The lowest BCUT2D eigenvalue weighted by Crippen LogP contribution is -2.23. The standard InChI is InChI=1S/C14H12N4O3/c1-18-11-3-2-9(6-12(11)21-14(18)20)7-17-13(19)10-8-15-4-5-16-10/h2-6,8H,7H2,1H3,(H,17,19). The van der Waals surface area contributed by atoms with E-state index >= 15 is 0 Å². The second-order valence-electron chi connectivity index (χ2n) is 4.50. The first-order chi connectivity index (χ1) is 10.1. The summed E-state index contributed by atoms with van der Waals surface area (Å²) in [6.45, 7) is 0.309. The number of hydrogen-bond acceptors (Lipinski definition) is 5. The lowest BCUT2D eigenvalue weighted by Gasteiger charge is -2.04. The minimum atomic E-state index is -0.411. The summed E-state index contributed by atoms with van der Waals surface area (Å²) in [4.78, 5) is 31.0. The maximum absolute atomic E-state index is 11.8. The fraction of sp³-hybridized carbons (Fsp3) is 0.143. The van der Waals surface area contributed by atoms with Crippen molar-refractivity contribution in [1.29, 1.82) is 0 Å². The summed E-state index contributed by atoms with van der Waals surface area (Å²) in [5.74, 6) is -0.719. The van der Waals surface area contributed by atoms with Crippen LogP contribution in [0.2, 0.25) is 0 Å². The smallest absolute Gasteiger partial charge is 0.408 e. The highest BCUT2D eigenvalue weighted by molar-refractivity contribution is 5.91. The van der Waals surface area contributed by atoms with E-state index in [-0.39, 0.29) is 11.6 Å². The average molecular weight is 284 g/mol. The van der Waals surface area contributed by atoms with E-state index in [1.165, 1.54) is 23.2 Å². The summed E-state index contributed by atoms with van der Waals surface area (Å²) in [7, 11) is 1.64. The van der Waals surface area contributed by atoms with E-state index in [1.54, 1.807) is 19.2 Å². The first-order valence-electron chi connectivity index (χ1n) is 6.28. The van der Waals surface area contributed by atoms with Crippen molar-refractivity contribution in [2.24, 2.45) is 7.05 Å². The van der Waals surface area contributed by atoms with Crippen LogP contribution in [0.1, 0.15) is 16.1 Å². The minimum Gasteiger partial charge on any atom is -0.408 e. The number of amides is 1. The molecule has 0 bridgehead atoms. The Bertz CT molecular complexity index is 852. The highest BCUT2D eigenvalue weighted by Gasteiger charge is 2.09. The number of aryl methyl sites for hydroxylation is 1. The predicted molar refractivity (Wildman–Crippen MR) is 74.7 cm³/mol. The number of oxazole rings is 1. The number of carbonyl (C=O) groups excluding carboxylic acids is 1. The van der Waals surface area contributed by atoms with Gasteiger partial charge < -0.3 is 9.73 Å². The van der Waals surface area contributed by atoms with E-state index < -0.39 is 5.76 Å². The quantitative estimate of drug-likeness (QED) is 0.770. The number of carbonyl (C=O) groups is 1. The molecule has 0 saturated heterocycles. The van der Waals surface area contributed by atoms with Gasteiger partial charge in [0.05, 0.1) is 11.7 Å². The van der Waals surface area contributed by atoms with Crippen LogP contribution in [0.3, 0.4) is 0 Å². The second-order valence-corrected chi connectivity index (χ2v) is 4.50. The molecule has 2 aromatic heterocycles. The third-order valence-electron chi connectivity index (χ3n) is 3.11. The Balaban J connectivity index is 1.76. The van der Waals surface area contributed by atoms with E-state index in [0.717, 1.165) is 5.56 Å². The highest BCUT2D eigenvalue weighted by Crippen LogP contribution is 2.14. The number of hydrogen-bond donors (Lipinski definition) is 1. The van der Waals surface area contributed by atoms with Crippen LogP contribution in [0, 0.1) is 0 Å². The monoisotopic (exact) mass is 284 g/mol. The third-order valence-corrected chi connectivity index (χ3v) is 3.11. The van der Waals surface area contributed by atoms with Crippen molar-refractivity contribution in [3.63, 3.8) is 0 Å². The van der Waals surface area contributed by atoms with Gasteiger partial charge in [-0.05, 0) is 17.7 Å². The zero-order valence-corrected chi connectivity index (χ0v) is 11.2. The number of benzene rings is 1. The lowest BCUT2D eigenvalue weighted by molar-refractivity contribution is 0.0945. The molecule has 0 atom stereocenters. The molecular formula is C14H12N4O3. The minimum absolute atomic E-state index is 0.254. The molecule has 1 amide bonds. The summed E-state index contributed by atoms with van der Waals surface area (Å²) in [6, 6.07) is 5.34. The van der Waals surface area contributed by atoms with Gasteiger partial charge >= 0.3 is 5.76 Å². The van der Waals surface area contributed by atoms with E-state index in [0.29, 0.717) is 17.6 Å². The van der Waals surface area contributed by atoms with Crippen LogP contribution >= 0.6 is 0 Å². The molecule has 0 unspecified atom stereocenters. The molecule has 0 radical (unpaired) electrons. The number of fused-ring (bicyclic) bond motifs is 1. The highest BCUT2D eigenvalue weighted by atomic mass is 16.4. The predicted octanol–water partition coefficient (Wildman–Crippen LogP) is 0.851. The maximum atomic E-state index is 11.8. The fourth-order valence-corrected chi connectivity index (χ4v) is 1.98.